The number of sulfonamides is 1. The minimum atomic E-state index is -3.79. The van der Waals surface area contributed by atoms with E-state index in [9.17, 15) is 26.4 Å². The Balaban J connectivity index is 1.89. The van der Waals surface area contributed by atoms with E-state index in [0.717, 1.165) is 18.6 Å². The molecule has 0 bridgehead atoms. The Kier molecular flexibility index (Phi) is 8.21. The van der Waals surface area contributed by atoms with E-state index in [0.29, 0.717) is 18.8 Å². The van der Waals surface area contributed by atoms with Crippen molar-refractivity contribution in [3.8, 4) is 5.75 Å². The topological polar surface area (TPSA) is 102 Å². The van der Waals surface area contributed by atoms with E-state index >= 15 is 0 Å². The van der Waals surface area contributed by atoms with Gasteiger partial charge in [-0.05, 0) is 49.4 Å². The van der Waals surface area contributed by atoms with Gasteiger partial charge in [0.15, 0.2) is 17.5 Å². The average Bonchev–Trinajstić information content (AvgIpc) is 2.68. The van der Waals surface area contributed by atoms with Gasteiger partial charge in [-0.3, -0.25) is 9.69 Å². The summed E-state index contributed by atoms with van der Waals surface area (Å²) in [6.07, 6.45) is 0.732. The molecule has 0 radical (unpaired) electrons. The van der Waals surface area contributed by atoms with Crippen molar-refractivity contribution in [1.82, 2.24) is 4.90 Å². The van der Waals surface area contributed by atoms with Crippen LogP contribution in [-0.4, -0.2) is 45.5 Å². The number of primary sulfonamides is 1. The van der Waals surface area contributed by atoms with Crippen LogP contribution in [0, 0.1) is 17.5 Å². The van der Waals surface area contributed by atoms with Crippen LogP contribution in [0.4, 0.5) is 18.9 Å². The molecule has 11 heteroatoms. The van der Waals surface area contributed by atoms with Crippen molar-refractivity contribution in [3.05, 3.63) is 53.8 Å². The molecule has 0 aromatic heterocycles. The van der Waals surface area contributed by atoms with Crippen molar-refractivity contribution in [1.29, 1.82) is 0 Å². The molecule has 0 unspecified atom stereocenters. The molecule has 7 nitrogen and oxygen atoms in total. The second-order valence-electron chi connectivity index (χ2n) is 6.41. The number of carbonyl (C=O) groups is 1. The molecule has 0 spiro atoms. The lowest BCUT2D eigenvalue weighted by molar-refractivity contribution is -0.117. The van der Waals surface area contributed by atoms with Gasteiger partial charge in [0.1, 0.15) is 12.4 Å². The number of halogens is 3. The molecule has 30 heavy (non-hydrogen) atoms. The van der Waals surface area contributed by atoms with E-state index in [1.54, 1.807) is 4.90 Å². The molecule has 3 N–H and O–H groups in total. The standard InChI is InChI=1S/C19H22F3N3O4S/c1-2-9-25(10-11-29-13-3-5-14(6-4-13)30(23,27)28)12-17(26)24-16-8-7-15(20)18(21)19(16)22/h3-8H,2,9-12H2,1H3,(H,24,26)(H2,23,27,28). The number of nitrogens with one attached hydrogen (secondary N) is 1. The second-order valence-corrected chi connectivity index (χ2v) is 7.97. The molecule has 164 valence electrons. The average molecular weight is 445 g/mol. The quantitative estimate of drug-likeness (QED) is 0.547. The Morgan fingerprint density at radius 2 is 1.73 bits per heavy atom. The maximum atomic E-state index is 13.7. The van der Waals surface area contributed by atoms with Crippen LogP contribution >= 0.6 is 0 Å². The van der Waals surface area contributed by atoms with Crippen LogP contribution in [0.15, 0.2) is 41.3 Å². The van der Waals surface area contributed by atoms with E-state index in [1.165, 1.54) is 24.3 Å². The highest BCUT2D eigenvalue weighted by atomic mass is 32.2. The molecule has 0 atom stereocenters. The third kappa shape index (κ3) is 6.71. The Hall–Kier alpha value is -2.63. The highest BCUT2D eigenvalue weighted by molar-refractivity contribution is 7.89. The Morgan fingerprint density at radius 3 is 2.33 bits per heavy atom. The molecule has 2 rings (SSSR count). The predicted molar refractivity (Wildman–Crippen MR) is 105 cm³/mol. The first-order valence-corrected chi connectivity index (χ1v) is 10.6. The maximum absolute atomic E-state index is 13.7. The molecule has 2 aromatic carbocycles. The highest BCUT2D eigenvalue weighted by Crippen LogP contribution is 2.19. The number of hydrogen-bond donors (Lipinski definition) is 2. The minimum Gasteiger partial charge on any atom is -0.492 e. The van der Waals surface area contributed by atoms with Crippen LogP contribution < -0.4 is 15.2 Å². The van der Waals surface area contributed by atoms with Gasteiger partial charge in [0.25, 0.3) is 0 Å². The van der Waals surface area contributed by atoms with E-state index in [2.05, 4.69) is 5.32 Å². The van der Waals surface area contributed by atoms with Crippen LogP contribution in [0.1, 0.15) is 13.3 Å². The van der Waals surface area contributed by atoms with Gasteiger partial charge in [-0.15, -0.1) is 0 Å². The van der Waals surface area contributed by atoms with Crippen molar-refractivity contribution in [2.24, 2.45) is 5.14 Å². The van der Waals surface area contributed by atoms with E-state index in [-0.39, 0.29) is 18.0 Å². The van der Waals surface area contributed by atoms with Gasteiger partial charge >= 0.3 is 0 Å². The van der Waals surface area contributed by atoms with Gasteiger partial charge in [-0.25, -0.2) is 26.7 Å². The molecule has 0 saturated heterocycles. The predicted octanol–water partition coefficient (Wildman–Crippen LogP) is 2.48. The summed E-state index contributed by atoms with van der Waals surface area (Å²) >= 11 is 0. The molecule has 0 saturated carbocycles. The van der Waals surface area contributed by atoms with Gasteiger partial charge in [-0.1, -0.05) is 6.92 Å². The molecule has 0 aliphatic rings. The molecule has 0 fully saturated rings. The smallest absolute Gasteiger partial charge is 0.238 e. The zero-order chi connectivity index (χ0) is 22.3. The summed E-state index contributed by atoms with van der Waals surface area (Å²) < 4.78 is 68.0. The normalized spacial score (nSPS) is 11.5. The first-order chi connectivity index (χ1) is 14.1. The number of hydrogen-bond acceptors (Lipinski definition) is 5. The second kappa shape index (κ2) is 10.4. The summed E-state index contributed by atoms with van der Waals surface area (Å²) in [5.74, 6) is -4.62. The molecular weight excluding hydrogens is 423 g/mol. The van der Waals surface area contributed by atoms with Crippen molar-refractivity contribution < 1.29 is 31.1 Å². The molecular formula is C19H22F3N3O4S. The summed E-state index contributed by atoms with van der Waals surface area (Å²) in [6.45, 7) is 2.88. The molecule has 2 aromatic rings. The lowest BCUT2D eigenvalue weighted by Crippen LogP contribution is -2.36. The Bertz CT molecular complexity index is 985. The van der Waals surface area contributed by atoms with E-state index in [1.807, 2.05) is 6.92 Å². The third-order valence-corrected chi connectivity index (χ3v) is 4.97. The Morgan fingerprint density at radius 1 is 1.07 bits per heavy atom. The summed E-state index contributed by atoms with van der Waals surface area (Å²) in [5.41, 5.74) is -0.443. The fourth-order valence-electron chi connectivity index (χ4n) is 2.62. The van der Waals surface area contributed by atoms with E-state index in [4.69, 9.17) is 9.88 Å². The SMILES string of the molecule is CCCN(CCOc1ccc(S(N)(=O)=O)cc1)CC(=O)Nc1ccc(F)c(F)c1F. The highest BCUT2D eigenvalue weighted by Gasteiger charge is 2.17. The molecule has 0 heterocycles. The molecule has 1 amide bonds. The zero-order valence-corrected chi connectivity index (χ0v) is 17.0. The fraction of sp³-hybridized carbons (Fsp3) is 0.316. The van der Waals surface area contributed by atoms with Crippen LogP contribution in [0.25, 0.3) is 0 Å². The summed E-state index contributed by atoms with van der Waals surface area (Å²) in [5, 5.41) is 7.25. The van der Waals surface area contributed by atoms with Crippen LogP contribution in [-0.2, 0) is 14.8 Å². The zero-order valence-electron chi connectivity index (χ0n) is 16.2. The third-order valence-electron chi connectivity index (χ3n) is 4.04. The van der Waals surface area contributed by atoms with E-state index < -0.39 is 39.1 Å². The van der Waals surface area contributed by atoms with Crippen LogP contribution in [0.3, 0.4) is 0 Å². The van der Waals surface area contributed by atoms with Gasteiger partial charge < -0.3 is 10.1 Å². The maximum Gasteiger partial charge on any atom is 0.238 e. The number of benzene rings is 2. The van der Waals surface area contributed by atoms with Crippen molar-refractivity contribution >= 4 is 21.6 Å². The summed E-state index contributed by atoms with van der Waals surface area (Å²) in [4.78, 5) is 13.9. The number of carbonyl (C=O) groups excluding carboxylic acids is 1. The number of ether oxygens (including phenoxy) is 1. The van der Waals surface area contributed by atoms with Crippen molar-refractivity contribution in [3.63, 3.8) is 0 Å². The van der Waals surface area contributed by atoms with Gasteiger partial charge in [-0.2, -0.15) is 0 Å². The Labute approximate surface area is 172 Å². The monoisotopic (exact) mass is 445 g/mol. The molecule has 0 aliphatic carbocycles. The number of anilines is 1. The summed E-state index contributed by atoms with van der Waals surface area (Å²) in [7, 11) is -3.79. The minimum absolute atomic E-state index is 0.0383. The van der Waals surface area contributed by atoms with Gasteiger partial charge in [0.2, 0.25) is 15.9 Å². The lowest BCUT2D eigenvalue weighted by atomic mass is 10.2. The van der Waals surface area contributed by atoms with Gasteiger partial charge in [0.05, 0.1) is 17.1 Å². The number of rotatable bonds is 10. The fourth-order valence-corrected chi connectivity index (χ4v) is 3.13. The first-order valence-electron chi connectivity index (χ1n) is 9.03. The largest absolute Gasteiger partial charge is 0.492 e. The van der Waals surface area contributed by atoms with Gasteiger partial charge in [0, 0.05) is 6.54 Å². The van der Waals surface area contributed by atoms with Crippen LogP contribution in [0.2, 0.25) is 0 Å². The molecule has 0 aliphatic heterocycles. The van der Waals surface area contributed by atoms with Crippen molar-refractivity contribution in [2.45, 2.75) is 18.2 Å². The summed E-state index contributed by atoms with van der Waals surface area (Å²) in [6, 6.07) is 7.23. The first kappa shape index (κ1) is 23.6. The van der Waals surface area contributed by atoms with Crippen LogP contribution in [0.5, 0.6) is 5.75 Å². The number of nitrogens with zero attached hydrogens (tertiary/aromatic N) is 1. The lowest BCUT2D eigenvalue weighted by Gasteiger charge is -2.21. The number of amides is 1. The van der Waals surface area contributed by atoms with Crippen molar-refractivity contribution in [2.75, 3.05) is 31.6 Å². The number of nitrogens with two attached hydrogens (primary N) is 1.